The number of amides is 1. The summed E-state index contributed by atoms with van der Waals surface area (Å²) in [6.07, 6.45) is 2.60. The number of aryl methyl sites for hydroxylation is 2. The molecule has 0 aliphatic rings. The van der Waals surface area contributed by atoms with Gasteiger partial charge in [0, 0.05) is 13.1 Å². The number of carbonyl (C=O) groups is 1. The lowest BCUT2D eigenvalue weighted by Crippen LogP contribution is -2.26. The fourth-order valence-corrected chi connectivity index (χ4v) is 3.37. The van der Waals surface area contributed by atoms with Crippen molar-refractivity contribution in [3.05, 3.63) is 71.8 Å². The van der Waals surface area contributed by atoms with E-state index >= 15 is 0 Å². The van der Waals surface area contributed by atoms with Gasteiger partial charge < -0.3 is 9.88 Å². The topological polar surface area (TPSA) is 34.0 Å². The summed E-state index contributed by atoms with van der Waals surface area (Å²) in [5.74, 6) is -0.0450. The Kier molecular flexibility index (Phi) is 4.39. The predicted molar refractivity (Wildman–Crippen MR) is 92.5 cm³/mol. The maximum absolute atomic E-state index is 12.3. The van der Waals surface area contributed by atoms with E-state index in [-0.39, 0.29) is 5.91 Å². The largest absolute Gasteiger partial charge is 0.347 e. The summed E-state index contributed by atoms with van der Waals surface area (Å²) in [6.45, 7) is 4.91. The smallest absolute Gasteiger partial charge is 0.268 e. The van der Waals surface area contributed by atoms with Gasteiger partial charge in [-0.2, -0.15) is 0 Å². The van der Waals surface area contributed by atoms with Crippen LogP contribution in [0.15, 0.2) is 60.5 Å². The zero-order valence-electron chi connectivity index (χ0n) is 12.3. The molecule has 0 saturated heterocycles. The first-order valence-corrected chi connectivity index (χ1v) is 8.17. The van der Waals surface area contributed by atoms with Crippen molar-refractivity contribution in [1.82, 2.24) is 9.88 Å². The lowest BCUT2D eigenvalue weighted by molar-refractivity contribution is 0.0949. The Balaban J connectivity index is 1.87. The van der Waals surface area contributed by atoms with Gasteiger partial charge in [0.15, 0.2) is 0 Å². The average Bonchev–Trinajstić information content (AvgIpc) is 3.13. The Bertz CT molecular complexity index is 786. The van der Waals surface area contributed by atoms with Crippen molar-refractivity contribution in [1.29, 1.82) is 0 Å². The molecule has 0 atom stereocenters. The second-order valence-electron chi connectivity index (χ2n) is 5.09. The summed E-state index contributed by atoms with van der Waals surface area (Å²) in [6, 6.07) is 14.4. The summed E-state index contributed by atoms with van der Waals surface area (Å²) in [5, 5.41) is 4.93. The van der Waals surface area contributed by atoms with E-state index in [1.54, 1.807) is 17.4 Å². The highest BCUT2D eigenvalue weighted by Crippen LogP contribution is 2.25. The van der Waals surface area contributed by atoms with Crippen LogP contribution in [0.4, 0.5) is 0 Å². The minimum atomic E-state index is -0.0450. The molecular weight excluding hydrogens is 292 g/mol. The molecule has 2 heterocycles. The fourth-order valence-electron chi connectivity index (χ4n) is 2.55. The number of hydrogen-bond donors (Lipinski definition) is 1. The molecule has 3 rings (SSSR count). The van der Waals surface area contributed by atoms with E-state index in [2.05, 4.69) is 40.0 Å². The fraction of sp³-hybridized carbons (Fsp3) is 0.167. The molecule has 0 aliphatic heterocycles. The number of nitrogens with zero attached hydrogens (tertiary/aromatic N) is 1. The third-order valence-corrected chi connectivity index (χ3v) is 4.48. The summed E-state index contributed by atoms with van der Waals surface area (Å²) >= 11 is 1.66. The Hall–Kier alpha value is -2.33. The standard InChI is InChI=1S/C18H18N2OS/c1-2-10-19-18(21)16-13-17-15(9-12-22-17)20(16)11-8-14-6-4-3-5-7-14/h2-7,9,12-13H,1,8,10-11H2,(H,19,21). The van der Waals surface area contributed by atoms with Crippen molar-refractivity contribution in [2.24, 2.45) is 0 Å². The lowest BCUT2D eigenvalue weighted by Gasteiger charge is -2.10. The van der Waals surface area contributed by atoms with E-state index < -0.39 is 0 Å². The molecule has 112 valence electrons. The molecule has 1 aromatic carbocycles. The van der Waals surface area contributed by atoms with Gasteiger partial charge in [-0.05, 0) is 29.5 Å². The van der Waals surface area contributed by atoms with Gasteiger partial charge in [0.1, 0.15) is 5.69 Å². The summed E-state index contributed by atoms with van der Waals surface area (Å²) in [5.41, 5.74) is 3.13. The molecule has 2 aromatic heterocycles. The first kappa shape index (κ1) is 14.6. The molecule has 22 heavy (non-hydrogen) atoms. The molecule has 4 heteroatoms. The molecule has 3 aromatic rings. The van der Waals surface area contributed by atoms with Gasteiger partial charge in [0.25, 0.3) is 5.91 Å². The van der Waals surface area contributed by atoms with Crippen LogP contribution in [0, 0.1) is 0 Å². The zero-order chi connectivity index (χ0) is 15.4. The van der Waals surface area contributed by atoms with Crippen LogP contribution in [0.3, 0.4) is 0 Å². The van der Waals surface area contributed by atoms with E-state index in [0.717, 1.165) is 28.9 Å². The Morgan fingerprint density at radius 1 is 1.27 bits per heavy atom. The highest BCUT2D eigenvalue weighted by molar-refractivity contribution is 7.17. The second-order valence-corrected chi connectivity index (χ2v) is 6.03. The van der Waals surface area contributed by atoms with Gasteiger partial charge >= 0.3 is 0 Å². The van der Waals surface area contributed by atoms with Gasteiger partial charge in [0.05, 0.1) is 10.2 Å². The second kappa shape index (κ2) is 6.62. The molecule has 1 N–H and O–H groups in total. The first-order valence-electron chi connectivity index (χ1n) is 7.29. The number of aromatic nitrogens is 1. The van der Waals surface area contributed by atoms with Crippen LogP contribution in [-0.2, 0) is 13.0 Å². The van der Waals surface area contributed by atoms with Crippen molar-refractivity contribution in [3.8, 4) is 0 Å². The predicted octanol–water partition coefficient (Wildman–Crippen LogP) is 3.86. The van der Waals surface area contributed by atoms with Crippen molar-refractivity contribution < 1.29 is 4.79 Å². The van der Waals surface area contributed by atoms with Crippen molar-refractivity contribution >= 4 is 27.5 Å². The van der Waals surface area contributed by atoms with E-state index in [9.17, 15) is 4.79 Å². The minimum Gasteiger partial charge on any atom is -0.347 e. The summed E-state index contributed by atoms with van der Waals surface area (Å²) in [4.78, 5) is 12.3. The van der Waals surface area contributed by atoms with Crippen LogP contribution >= 0.6 is 11.3 Å². The number of fused-ring (bicyclic) bond motifs is 1. The zero-order valence-corrected chi connectivity index (χ0v) is 13.1. The maximum atomic E-state index is 12.3. The number of carbonyl (C=O) groups excluding carboxylic acids is 1. The van der Waals surface area contributed by atoms with Crippen LogP contribution < -0.4 is 5.32 Å². The van der Waals surface area contributed by atoms with Crippen molar-refractivity contribution in [2.75, 3.05) is 6.54 Å². The van der Waals surface area contributed by atoms with E-state index in [0.29, 0.717) is 6.54 Å². The third kappa shape index (κ3) is 2.97. The normalized spacial score (nSPS) is 10.7. The lowest BCUT2D eigenvalue weighted by atomic mass is 10.1. The number of nitrogens with one attached hydrogen (secondary N) is 1. The molecule has 0 aliphatic carbocycles. The molecule has 3 nitrogen and oxygen atoms in total. The van der Waals surface area contributed by atoms with Gasteiger partial charge in [-0.3, -0.25) is 4.79 Å². The van der Waals surface area contributed by atoms with Gasteiger partial charge in [-0.1, -0.05) is 36.4 Å². The summed E-state index contributed by atoms with van der Waals surface area (Å²) in [7, 11) is 0. The minimum absolute atomic E-state index is 0.0450. The maximum Gasteiger partial charge on any atom is 0.268 e. The van der Waals surface area contributed by atoms with Gasteiger partial charge in [0.2, 0.25) is 0 Å². The third-order valence-electron chi connectivity index (χ3n) is 3.63. The molecule has 0 saturated carbocycles. The molecule has 0 radical (unpaired) electrons. The van der Waals surface area contributed by atoms with Crippen LogP contribution in [0.25, 0.3) is 10.2 Å². The molecule has 0 unspecified atom stereocenters. The Morgan fingerprint density at radius 2 is 2.09 bits per heavy atom. The molecule has 0 bridgehead atoms. The van der Waals surface area contributed by atoms with E-state index in [4.69, 9.17) is 0 Å². The summed E-state index contributed by atoms with van der Waals surface area (Å²) < 4.78 is 3.26. The molecule has 0 spiro atoms. The Labute approximate surface area is 133 Å². The average molecular weight is 310 g/mol. The number of benzene rings is 1. The van der Waals surface area contributed by atoms with Crippen LogP contribution in [-0.4, -0.2) is 17.0 Å². The molecule has 0 fully saturated rings. The Morgan fingerprint density at radius 3 is 2.86 bits per heavy atom. The first-order chi connectivity index (χ1) is 10.8. The van der Waals surface area contributed by atoms with Crippen LogP contribution in [0.2, 0.25) is 0 Å². The SMILES string of the molecule is C=CCNC(=O)c1cc2sccc2n1CCc1ccccc1. The number of thiophene rings is 1. The molecular formula is C18H18N2OS. The highest BCUT2D eigenvalue weighted by Gasteiger charge is 2.15. The van der Waals surface area contributed by atoms with Crippen molar-refractivity contribution in [2.45, 2.75) is 13.0 Å². The van der Waals surface area contributed by atoms with Crippen molar-refractivity contribution in [3.63, 3.8) is 0 Å². The highest BCUT2D eigenvalue weighted by atomic mass is 32.1. The number of rotatable bonds is 6. The number of hydrogen-bond acceptors (Lipinski definition) is 2. The quantitative estimate of drug-likeness (QED) is 0.689. The van der Waals surface area contributed by atoms with E-state index in [1.165, 1.54) is 5.56 Å². The monoisotopic (exact) mass is 310 g/mol. The van der Waals surface area contributed by atoms with Crippen LogP contribution in [0.5, 0.6) is 0 Å². The molecule has 1 amide bonds. The van der Waals surface area contributed by atoms with Crippen LogP contribution in [0.1, 0.15) is 16.1 Å². The van der Waals surface area contributed by atoms with E-state index in [1.807, 2.05) is 24.3 Å². The van der Waals surface area contributed by atoms with Gasteiger partial charge in [-0.25, -0.2) is 0 Å². The van der Waals surface area contributed by atoms with Gasteiger partial charge in [-0.15, -0.1) is 17.9 Å².